The Hall–Kier alpha value is -2.18. The van der Waals surface area contributed by atoms with Crippen molar-refractivity contribution >= 4 is 17.5 Å². The van der Waals surface area contributed by atoms with Crippen LogP contribution in [0.4, 0.5) is 0 Å². The SMILES string of the molecule is C[C@]1(O)C[C@H](NC(=O)Cn2nc(Cl)c(-c3ccccc3)cc2=O)C1. The second-order valence-corrected chi connectivity index (χ2v) is 6.74. The lowest BCUT2D eigenvalue weighted by Crippen LogP contribution is -2.54. The van der Waals surface area contributed by atoms with E-state index in [1.807, 2.05) is 30.3 Å². The van der Waals surface area contributed by atoms with Gasteiger partial charge in [-0.2, -0.15) is 5.10 Å². The van der Waals surface area contributed by atoms with Crippen LogP contribution in [0.5, 0.6) is 0 Å². The molecule has 0 atom stereocenters. The molecule has 1 aromatic heterocycles. The zero-order chi connectivity index (χ0) is 17.3. The Morgan fingerprint density at radius 3 is 2.71 bits per heavy atom. The lowest BCUT2D eigenvalue weighted by atomic mass is 9.77. The minimum atomic E-state index is -0.715. The van der Waals surface area contributed by atoms with Crippen molar-refractivity contribution in [3.63, 3.8) is 0 Å². The number of benzene rings is 1. The summed E-state index contributed by atoms with van der Waals surface area (Å²) in [5.74, 6) is -0.325. The van der Waals surface area contributed by atoms with Crippen molar-refractivity contribution in [2.45, 2.75) is 38.0 Å². The van der Waals surface area contributed by atoms with Crippen LogP contribution >= 0.6 is 11.6 Å². The van der Waals surface area contributed by atoms with E-state index in [-0.39, 0.29) is 23.6 Å². The molecule has 2 N–H and O–H groups in total. The van der Waals surface area contributed by atoms with Gasteiger partial charge in [0.05, 0.1) is 5.60 Å². The number of hydrogen-bond acceptors (Lipinski definition) is 4. The van der Waals surface area contributed by atoms with Gasteiger partial charge in [-0.3, -0.25) is 9.59 Å². The fraction of sp³-hybridized carbons (Fsp3) is 0.353. The molecule has 1 aromatic carbocycles. The molecular formula is C17H18ClN3O3. The number of aromatic nitrogens is 2. The van der Waals surface area contributed by atoms with E-state index in [2.05, 4.69) is 10.4 Å². The summed E-state index contributed by atoms with van der Waals surface area (Å²) < 4.78 is 1.04. The monoisotopic (exact) mass is 347 g/mol. The summed E-state index contributed by atoms with van der Waals surface area (Å²) in [6.07, 6.45) is 1.02. The maximum Gasteiger partial charge on any atom is 0.267 e. The van der Waals surface area contributed by atoms with Crippen LogP contribution in [0.1, 0.15) is 19.8 Å². The molecule has 2 aromatic rings. The molecule has 3 rings (SSSR count). The van der Waals surface area contributed by atoms with E-state index in [4.69, 9.17) is 11.6 Å². The molecule has 1 aliphatic rings. The summed E-state index contributed by atoms with van der Waals surface area (Å²) in [7, 11) is 0. The molecule has 0 radical (unpaired) electrons. The number of amides is 1. The van der Waals surface area contributed by atoms with Gasteiger partial charge in [0.25, 0.3) is 5.56 Å². The second kappa shape index (κ2) is 6.37. The predicted octanol–water partition coefficient (Wildman–Crippen LogP) is 1.59. The molecule has 0 bridgehead atoms. The summed E-state index contributed by atoms with van der Waals surface area (Å²) in [6.45, 7) is 1.52. The average molecular weight is 348 g/mol. The van der Waals surface area contributed by atoms with E-state index < -0.39 is 11.2 Å². The number of nitrogens with one attached hydrogen (secondary N) is 1. The van der Waals surface area contributed by atoms with Crippen LogP contribution in [-0.2, 0) is 11.3 Å². The number of carbonyl (C=O) groups excluding carboxylic acids is 1. The van der Waals surface area contributed by atoms with E-state index in [1.165, 1.54) is 6.07 Å². The van der Waals surface area contributed by atoms with Crippen LogP contribution in [0, 0.1) is 0 Å². The molecule has 1 amide bonds. The van der Waals surface area contributed by atoms with Crippen molar-refractivity contribution in [3.8, 4) is 11.1 Å². The van der Waals surface area contributed by atoms with Crippen molar-refractivity contribution in [2.24, 2.45) is 0 Å². The third-order valence-electron chi connectivity index (χ3n) is 4.07. The first-order valence-electron chi connectivity index (χ1n) is 7.69. The van der Waals surface area contributed by atoms with Crippen LogP contribution < -0.4 is 10.9 Å². The van der Waals surface area contributed by atoms with Crippen LogP contribution in [0.25, 0.3) is 11.1 Å². The Balaban J connectivity index is 1.72. The number of carbonyl (C=O) groups is 1. The highest BCUT2D eigenvalue weighted by Crippen LogP contribution is 2.31. The lowest BCUT2D eigenvalue weighted by Gasteiger charge is -2.41. The van der Waals surface area contributed by atoms with Crippen LogP contribution in [0.3, 0.4) is 0 Å². The maximum atomic E-state index is 12.2. The first-order chi connectivity index (χ1) is 11.3. The van der Waals surface area contributed by atoms with Gasteiger partial charge in [0.15, 0.2) is 5.15 Å². The molecule has 6 nitrogen and oxygen atoms in total. The number of aliphatic hydroxyl groups is 1. The van der Waals surface area contributed by atoms with E-state index in [1.54, 1.807) is 6.92 Å². The van der Waals surface area contributed by atoms with E-state index in [9.17, 15) is 14.7 Å². The molecule has 0 spiro atoms. The number of halogens is 1. The summed E-state index contributed by atoms with van der Waals surface area (Å²) in [5.41, 5.74) is 0.219. The van der Waals surface area contributed by atoms with Crippen molar-refractivity contribution in [2.75, 3.05) is 0 Å². The highest BCUT2D eigenvalue weighted by Gasteiger charge is 2.39. The van der Waals surface area contributed by atoms with Crippen molar-refractivity contribution < 1.29 is 9.90 Å². The third-order valence-corrected chi connectivity index (χ3v) is 4.35. The van der Waals surface area contributed by atoms with Crippen molar-refractivity contribution in [1.29, 1.82) is 0 Å². The molecule has 24 heavy (non-hydrogen) atoms. The van der Waals surface area contributed by atoms with Crippen LogP contribution in [0.2, 0.25) is 5.15 Å². The van der Waals surface area contributed by atoms with Crippen LogP contribution in [-0.4, -0.2) is 32.4 Å². The largest absolute Gasteiger partial charge is 0.390 e. The summed E-state index contributed by atoms with van der Waals surface area (Å²) in [6, 6.07) is 10.5. The van der Waals surface area contributed by atoms with Gasteiger partial charge in [-0.1, -0.05) is 41.9 Å². The summed E-state index contributed by atoms with van der Waals surface area (Å²) >= 11 is 6.17. The first-order valence-corrected chi connectivity index (χ1v) is 8.07. The Bertz CT molecular complexity index is 810. The summed E-state index contributed by atoms with van der Waals surface area (Å²) in [5, 5.41) is 16.6. The van der Waals surface area contributed by atoms with Gasteiger partial charge >= 0.3 is 0 Å². The third kappa shape index (κ3) is 3.66. The molecule has 1 saturated carbocycles. The van der Waals surface area contributed by atoms with E-state index in [0.29, 0.717) is 18.4 Å². The molecule has 1 aliphatic carbocycles. The number of nitrogens with zero attached hydrogens (tertiary/aromatic N) is 2. The lowest BCUT2D eigenvalue weighted by molar-refractivity contribution is -0.125. The van der Waals surface area contributed by atoms with Gasteiger partial charge in [0, 0.05) is 17.7 Å². The standard InChI is InChI=1S/C17H18ClN3O3/c1-17(24)8-12(9-17)19-14(22)10-21-15(23)7-13(16(18)20-21)11-5-3-2-4-6-11/h2-7,12,24H,8-10H2,1H3,(H,19,22)/t12-,17-. The smallest absolute Gasteiger partial charge is 0.267 e. The van der Waals surface area contributed by atoms with E-state index >= 15 is 0 Å². The molecular weight excluding hydrogens is 330 g/mol. The molecule has 126 valence electrons. The minimum absolute atomic E-state index is 0.0673. The number of hydrogen-bond donors (Lipinski definition) is 2. The zero-order valence-electron chi connectivity index (χ0n) is 13.2. The topological polar surface area (TPSA) is 84.2 Å². The Kier molecular flexibility index (Phi) is 4.43. The summed E-state index contributed by atoms with van der Waals surface area (Å²) in [4.78, 5) is 24.2. The second-order valence-electron chi connectivity index (χ2n) is 6.38. The number of rotatable bonds is 4. The maximum absolute atomic E-state index is 12.2. The molecule has 0 unspecified atom stereocenters. The molecule has 0 saturated heterocycles. The molecule has 1 fully saturated rings. The Morgan fingerprint density at radius 2 is 2.08 bits per heavy atom. The average Bonchev–Trinajstić information content (AvgIpc) is 2.49. The van der Waals surface area contributed by atoms with Gasteiger partial charge in [0.2, 0.25) is 5.91 Å². The molecule has 7 heteroatoms. The zero-order valence-corrected chi connectivity index (χ0v) is 14.0. The fourth-order valence-electron chi connectivity index (χ4n) is 2.91. The van der Waals surface area contributed by atoms with Gasteiger partial charge in [0.1, 0.15) is 6.54 Å². The van der Waals surface area contributed by atoms with Crippen molar-refractivity contribution in [1.82, 2.24) is 15.1 Å². The van der Waals surface area contributed by atoms with Crippen molar-refractivity contribution in [3.05, 3.63) is 51.9 Å². The quantitative estimate of drug-likeness (QED) is 0.879. The Labute approximate surface area is 144 Å². The molecule has 1 heterocycles. The molecule has 0 aliphatic heterocycles. The highest BCUT2D eigenvalue weighted by atomic mass is 35.5. The van der Waals surface area contributed by atoms with Gasteiger partial charge in [-0.25, -0.2) is 4.68 Å². The highest BCUT2D eigenvalue weighted by molar-refractivity contribution is 6.32. The normalized spacial score (nSPS) is 22.7. The fourth-order valence-corrected chi connectivity index (χ4v) is 3.17. The Morgan fingerprint density at radius 1 is 1.42 bits per heavy atom. The minimum Gasteiger partial charge on any atom is -0.390 e. The van der Waals surface area contributed by atoms with Gasteiger partial charge in [-0.05, 0) is 25.3 Å². The van der Waals surface area contributed by atoms with E-state index in [0.717, 1.165) is 10.2 Å². The van der Waals surface area contributed by atoms with Crippen LogP contribution in [0.15, 0.2) is 41.2 Å². The van der Waals surface area contributed by atoms with Gasteiger partial charge in [-0.15, -0.1) is 0 Å². The predicted molar refractivity (Wildman–Crippen MR) is 90.7 cm³/mol. The first kappa shape index (κ1) is 16.7. The van der Waals surface area contributed by atoms with Gasteiger partial charge < -0.3 is 10.4 Å².